The monoisotopic (exact) mass is 239 g/mol. The minimum Gasteiger partial charge on any atom is -0.505 e. The predicted molar refractivity (Wildman–Crippen MR) is 60.7 cm³/mol. The summed E-state index contributed by atoms with van der Waals surface area (Å²) in [5.41, 5.74) is 0.523. The molecule has 92 valence electrons. The van der Waals surface area contributed by atoms with Crippen molar-refractivity contribution < 1.29 is 19.0 Å². The molecule has 2 rings (SSSR count). The van der Waals surface area contributed by atoms with Crippen LogP contribution in [0.2, 0.25) is 0 Å². The lowest BCUT2D eigenvalue weighted by atomic mass is 9.92. The summed E-state index contributed by atoms with van der Waals surface area (Å²) in [4.78, 5) is 11.5. The van der Waals surface area contributed by atoms with E-state index in [4.69, 9.17) is 0 Å². The van der Waals surface area contributed by atoms with Gasteiger partial charge in [0.1, 0.15) is 0 Å². The molecule has 2 N–H and O–H groups in total. The van der Waals surface area contributed by atoms with Crippen LogP contribution in [0.4, 0.5) is 10.1 Å². The van der Waals surface area contributed by atoms with Crippen LogP contribution in [-0.2, 0) is 4.74 Å². The van der Waals surface area contributed by atoms with Crippen molar-refractivity contribution in [1.29, 1.82) is 0 Å². The number of hydrogen-bond donors (Lipinski definition) is 2. The Bertz CT molecular complexity index is 444. The fraction of sp³-hybridized carbons (Fsp3) is 0.417. The molecule has 5 heteroatoms. The summed E-state index contributed by atoms with van der Waals surface area (Å²) in [5, 5.41) is 12.3. The molecule has 0 amide bonds. The van der Waals surface area contributed by atoms with Crippen LogP contribution in [0, 0.1) is 5.82 Å². The number of hydrogen-bond acceptors (Lipinski definition) is 4. The van der Waals surface area contributed by atoms with Gasteiger partial charge in [0.05, 0.1) is 18.4 Å². The summed E-state index contributed by atoms with van der Waals surface area (Å²) in [6.07, 6.45) is 3.14. The minimum atomic E-state index is -0.750. The molecule has 0 unspecified atom stereocenters. The number of rotatable bonds is 3. The normalized spacial score (nSPS) is 15.2. The van der Waals surface area contributed by atoms with E-state index in [0.717, 1.165) is 31.4 Å². The van der Waals surface area contributed by atoms with Gasteiger partial charge in [-0.15, -0.1) is 0 Å². The molecule has 0 bridgehead atoms. The number of esters is 1. The first-order valence-corrected chi connectivity index (χ1v) is 5.49. The molecule has 4 nitrogen and oxygen atoms in total. The Hall–Kier alpha value is -1.78. The van der Waals surface area contributed by atoms with E-state index in [1.165, 1.54) is 7.11 Å². The third-order valence-corrected chi connectivity index (χ3v) is 2.96. The number of anilines is 1. The second-order valence-electron chi connectivity index (χ2n) is 4.11. The largest absolute Gasteiger partial charge is 0.505 e. The van der Waals surface area contributed by atoms with E-state index >= 15 is 0 Å². The molecule has 0 aliphatic heterocycles. The van der Waals surface area contributed by atoms with Gasteiger partial charge in [0.15, 0.2) is 11.6 Å². The van der Waals surface area contributed by atoms with Gasteiger partial charge in [-0.05, 0) is 25.3 Å². The number of ether oxygens (including phenoxy) is 1. The lowest BCUT2D eigenvalue weighted by Crippen LogP contribution is -2.28. The number of carbonyl (C=O) groups is 1. The number of phenolic OH excluding ortho intramolecular Hbond substituents is 1. The van der Waals surface area contributed by atoms with Crippen LogP contribution in [0.3, 0.4) is 0 Å². The molecule has 17 heavy (non-hydrogen) atoms. The highest BCUT2D eigenvalue weighted by Crippen LogP contribution is 2.29. The third kappa shape index (κ3) is 2.33. The van der Waals surface area contributed by atoms with Gasteiger partial charge in [0.2, 0.25) is 0 Å². The molecule has 1 aromatic rings. The van der Waals surface area contributed by atoms with E-state index in [-0.39, 0.29) is 11.6 Å². The van der Waals surface area contributed by atoms with E-state index in [2.05, 4.69) is 10.1 Å². The maximum atomic E-state index is 13.3. The minimum absolute atomic E-state index is 0.151. The number of carbonyl (C=O) groups excluding carboxylic acids is 1. The van der Waals surface area contributed by atoms with Crippen molar-refractivity contribution in [2.45, 2.75) is 25.3 Å². The van der Waals surface area contributed by atoms with Crippen LogP contribution < -0.4 is 5.32 Å². The van der Waals surface area contributed by atoms with Gasteiger partial charge in [-0.1, -0.05) is 0 Å². The van der Waals surface area contributed by atoms with Crippen LogP contribution in [0.5, 0.6) is 5.75 Å². The van der Waals surface area contributed by atoms with Crippen LogP contribution in [0.1, 0.15) is 29.6 Å². The lowest BCUT2D eigenvalue weighted by molar-refractivity contribution is 0.0601. The molecule has 0 heterocycles. The van der Waals surface area contributed by atoms with E-state index < -0.39 is 17.5 Å². The van der Waals surface area contributed by atoms with Crippen molar-refractivity contribution in [2.24, 2.45) is 0 Å². The smallest absolute Gasteiger partial charge is 0.340 e. The molecule has 0 spiro atoms. The van der Waals surface area contributed by atoms with Gasteiger partial charge in [-0.2, -0.15) is 0 Å². The third-order valence-electron chi connectivity index (χ3n) is 2.96. The predicted octanol–water partition coefficient (Wildman–Crippen LogP) is 2.28. The second-order valence-corrected chi connectivity index (χ2v) is 4.11. The number of phenols is 1. The molecule has 1 aliphatic carbocycles. The standard InChI is InChI=1S/C12H14FNO3/c1-17-12(16)8-5-11(15)9(13)6-10(8)14-7-3-2-4-7/h5-7,14-15H,2-4H2,1H3. The van der Waals surface area contributed by atoms with E-state index in [1.54, 1.807) is 0 Å². The summed E-state index contributed by atoms with van der Waals surface area (Å²) < 4.78 is 17.8. The van der Waals surface area contributed by atoms with Gasteiger partial charge in [-0.25, -0.2) is 9.18 Å². The van der Waals surface area contributed by atoms with Gasteiger partial charge >= 0.3 is 5.97 Å². The average molecular weight is 239 g/mol. The highest BCUT2D eigenvalue weighted by molar-refractivity contribution is 5.96. The molecule has 1 fully saturated rings. The molecule has 0 aromatic heterocycles. The zero-order valence-corrected chi connectivity index (χ0v) is 9.50. The van der Waals surface area contributed by atoms with Crippen LogP contribution >= 0.6 is 0 Å². The summed E-state index contributed by atoms with van der Waals surface area (Å²) in [5.74, 6) is -1.90. The molecule has 0 saturated heterocycles. The highest BCUT2D eigenvalue weighted by atomic mass is 19.1. The zero-order chi connectivity index (χ0) is 12.4. The fourth-order valence-corrected chi connectivity index (χ4v) is 1.73. The fourth-order valence-electron chi connectivity index (χ4n) is 1.73. The van der Waals surface area contributed by atoms with Gasteiger partial charge in [-0.3, -0.25) is 0 Å². The first kappa shape index (κ1) is 11.7. The SMILES string of the molecule is COC(=O)c1cc(O)c(F)cc1NC1CCC1. The molecule has 1 aliphatic rings. The topological polar surface area (TPSA) is 58.6 Å². The van der Waals surface area contributed by atoms with Crippen molar-refractivity contribution in [3.05, 3.63) is 23.5 Å². The molecule has 0 atom stereocenters. The Kier molecular flexibility index (Phi) is 3.17. The van der Waals surface area contributed by atoms with Gasteiger partial charge < -0.3 is 15.2 Å². The summed E-state index contributed by atoms with van der Waals surface area (Å²) in [6.45, 7) is 0. The van der Waals surface area contributed by atoms with Crippen molar-refractivity contribution in [3.8, 4) is 5.75 Å². The summed E-state index contributed by atoms with van der Waals surface area (Å²) in [6, 6.07) is 2.48. The van der Waals surface area contributed by atoms with Crippen LogP contribution in [0.15, 0.2) is 12.1 Å². The van der Waals surface area contributed by atoms with Crippen molar-refractivity contribution >= 4 is 11.7 Å². The molecule has 1 saturated carbocycles. The molecule has 1 aromatic carbocycles. The van der Waals surface area contributed by atoms with E-state index in [9.17, 15) is 14.3 Å². The highest BCUT2D eigenvalue weighted by Gasteiger charge is 2.22. The maximum absolute atomic E-state index is 13.3. The molecule has 0 radical (unpaired) electrons. The average Bonchev–Trinajstić information content (AvgIpc) is 2.26. The molecular weight excluding hydrogens is 225 g/mol. The number of benzene rings is 1. The van der Waals surface area contributed by atoms with E-state index in [0.29, 0.717) is 5.69 Å². The second kappa shape index (κ2) is 4.61. The van der Waals surface area contributed by atoms with Crippen molar-refractivity contribution in [3.63, 3.8) is 0 Å². The first-order valence-electron chi connectivity index (χ1n) is 5.49. The van der Waals surface area contributed by atoms with Crippen molar-refractivity contribution in [1.82, 2.24) is 0 Å². The van der Waals surface area contributed by atoms with Gasteiger partial charge in [0, 0.05) is 12.1 Å². The Balaban J connectivity index is 2.32. The maximum Gasteiger partial charge on any atom is 0.340 e. The lowest BCUT2D eigenvalue weighted by Gasteiger charge is -2.28. The van der Waals surface area contributed by atoms with Crippen LogP contribution in [0.25, 0.3) is 0 Å². The van der Waals surface area contributed by atoms with E-state index in [1.807, 2.05) is 0 Å². The van der Waals surface area contributed by atoms with Crippen molar-refractivity contribution in [2.75, 3.05) is 12.4 Å². The Morgan fingerprint density at radius 2 is 2.24 bits per heavy atom. The Morgan fingerprint density at radius 3 is 2.76 bits per heavy atom. The Labute approximate surface area is 98.4 Å². The number of halogens is 1. The van der Waals surface area contributed by atoms with Gasteiger partial charge in [0.25, 0.3) is 0 Å². The summed E-state index contributed by atoms with van der Waals surface area (Å²) in [7, 11) is 1.25. The molecular formula is C12H14FNO3. The number of aromatic hydroxyl groups is 1. The number of nitrogens with one attached hydrogen (secondary N) is 1. The van der Waals surface area contributed by atoms with Crippen LogP contribution in [-0.4, -0.2) is 24.2 Å². The number of methoxy groups -OCH3 is 1. The first-order chi connectivity index (χ1) is 8.11. The zero-order valence-electron chi connectivity index (χ0n) is 9.50. The summed E-state index contributed by atoms with van der Waals surface area (Å²) >= 11 is 0. The Morgan fingerprint density at radius 1 is 1.53 bits per heavy atom. The quantitative estimate of drug-likeness (QED) is 0.627.